The van der Waals surface area contributed by atoms with Crippen molar-refractivity contribution in [3.63, 3.8) is 0 Å². The Balaban J connectivity index is 2.73. The van der Waals surface area contributed by atoms with Gasteiger partial charge in [0, 0.05) is 15.9 Å². The van der Waals surface area contributed by atoms with E-state index in [4.69, 9.17) is 11.6 Å². The summed E-state index contributed by atoms with van der Waals surface area (Å²) in [4.78, 5) is 11.7. The minimum Gasteiger partial charge on any atom is -0.325 e. The SMILES string of the molecule is CC(C)(C)CC(=O)Nc1cc(Cl)ccc1Br. The number of halogens is 2. The van der Waals surface area contributed by atoms with Gasteiger partial charge in [0.05, 0.1) is 5.69 Å². The van der Waals surface area contributed by atoms with Crippen molar-refractivity contribution in [2.45, 2.75) is 27.2 Å². The van der Waals surface area contributed by atoms with Crippen LogP contribution in [0.4, 0.5) is 5.69 Å². The summed E-state index contributed by atoms with van der Waals surface area (Å²) in [5.74, 6) is -0.00420. The van der Waals surface area contributed by atoms with Crippen LogP contribution in [0.25, 0.3) is 0 Å². The molecule has 0 aliphatic heterocycles. The number of benzene rings is 1. The summed E-state index contributed by atoms with van der Waals surface area (Å²) >= 11 is 9.23. The second kappa shape index (κ2) is 5.19. The van der Waals surface area contributed by atoms with Gasteiger partial charge in [-0.05, 0) is 39.5 Å². The molecule has 1 amide bonds. The van der Waals surface area contributed by atoms with E-state index < -0.39 is 0 Å². The number of rotatable bonds is 2. The second-order valence-corrected chi connectivity index (χ2v) is 6.20. The summed E-state index contributed by atoms with van der Waals surface area (Å²) < 4.78 is 0.833. The third-order valence-corrected chi connectivity index (χ3v) is 2.82. The third kappa shape index (κ3) is 4.54. The molecule has 0 unspecified atom stereocenters. The van der Waals surface area contributed by atoms with Crippen LogP contribution in [0.15, 0.2) is 22.7 Å². The van der Waals surface area contributed by atoms with Gasteiger partial charge in [0.2, 0.25) is 5.91 Å². The molecule has 0 spiro atoms. The lowest BCUT2D eigenvalue weighted by molar-refractivity contribution is -0.117. The van der Waals surface area contributed by atoms with Gasteiger partial charge < -0.3 is 5.32 Å². The predicted molar refractivity (Wildman–Crippen MR) is 71.9 cm³/mol. The lowest BCUT2D eigenvalue weighted by atomic mass is 9.92. The molecule has 0 aliphatic carbocycles. The van der Waals surface area contributed by atoms with Gasteiger partial charge in [-0.15, -0.1) is 0 Å². The number of amides is 1. The van der Waals surface area contributed by atoms with E-state index in [0.717, 1.165) is 4.47 Å². The molecule has 0 atom stereocenters. The maximum atomic E-state index is 11.7. The molecular formula is C12H15BrClNO. The standard InChI is InChI=1S/C12H15BrClNO/c1-12(2,3)7-11(16)15-10-6-8(14)4-5-9(10)13/h4-6H,7H2,1-3H3,(H,15,16). The van der Waals surface area contributed by atoms with Gasteiger partial charge in [-0.2, -0.15) is 0 Å². The molecule has 2 nitrogen and oxygen atoms in total. The van der Waals surface area contributed by atoms with Crippen LogP contribution in [0.3, 0.4) is 0 Å². The molecule has 1 aromatic carbocycles. The number of carbonyl (C=O) groups excluding carboxylic acids is 1. The Morgan fingerprint density at radius 3 is 2.62 bits per heavy atom. The van der Waals surface area contributed by atoms with Gasteiger partial charge in [-0.1, -0.05) is 32.4 Å². The average molecular weight is 305 g/mol. The molecule has 1 aromatic rings. The highest BCUT2D eigenvalue weighted by atomic mass is 79.9. The molecule has 4 heteroatoms. The maximum absolute atomic E-state index is 11.7. The van der Waals surface area contributed by atoms with E-state index >= 15 is 0 Å². The molecular weight excluding hydrogens is 289 g/mol. The van der Waals surface area contributed by atoms with Crippen LogP contribution in [-0.2, 0) is 4.79 Å². The monoisotopic (exact) mass is 303 g/mol. The van der Waals surface area contributed by atoms with Crippen molar-refractivity contribution >= 4 is 39.1 Å². The predicted octanol–water partition coefficient (Wildman–Crippen LogP) is 4.48. The Bertz CT molecular complexity index is 398. The Kier molecular flexibility index (Phi) is 4.39. The number of nitrogens with one attached hydrogen (secondary N) is 1. The Hall–Kier alpha value is -0.540. The van der Waals surface area contributed by atoms with Crippen molar-refractivity contribution in [2.24, 2.45) is 5.41 Å². The minimum absolute atomic E-state index is 0.00420. The van der Waals surface area contributed by atoms with E-state index in [1.54, 1.807) is 12.1 Å². The highest BCUT2D eigenvalue weighted by Gasteiger charge is 2.16. The molecule has 0 saturated carbocycles. The highest BCUT2D eigenvalue weighted by Crippen LogP contribution is 2.27. The molecule has 1 rings (SSSR count). The normalized spacial score (nSPS) is 11.3. The molecule has 88 valence electrons. The van der Waals surface area contributed by atoms with Crippen molar-refractivity contribution < 1.29 is 4.79 Å². The molecule has 0 aliphatic rings. The van der Waals surface area contributed by atoms with E-state index in [0.29, 0.717) is 17.1 Å². The fraction of sp³-hybridized carbons (Fsp3) is 0.417. The van der Waals surface area contributed by atoms with Gasteiger partial charge in [0.25, 0.3) is 0 Å². The number of anilines is 1. The van der Waals surface area contributed by atoms with Crippen LogP contribution in [0.1, 0.15) is 27.2 Å². The first-order valence-electron chi connectivity index (χ1n) is 5.03. The molecule has 0 saturated heterocycles. The van der Waals surface area contributed by atoms with E-state index in [1.807, 2.05) is 26.8 Å². The number of hydrogen-bond donors (Lipinski definition) is 1. The number of carbonyl (C=O) groups is 1. The molecule has 0 heterocycles. The smallest absolute Gasteiger partial charge is 0.224 e. The zero-order valence-corrected chi connectivity index (χ0v) is 11.9. The van der Waals surface area contributed by atoms with E-state index in [9.17, 15) is 4.79 Å². The third-order valence-electron chi connectivity index (χ3n) is 1.89. The topological polar surface area (TPSA) is 29.1 Å². The summed E-state index contributed by atoms with van der Waals surface area (Å²) in [7, 11) is 0. The Morgan fingerprint density at radius 1 is 1.44 bits per heavy atom. The molecule has 1 N–H and O–H groups in total. The van der Waals surface area contributed by atoms with Crippen molar-refractivity contribution in [1.29, 1.82) is 0 Å². The van der Waals surface area contributed by atoms with Crippen molar-refractivity contribution in [2.75, 3.05) is 5.32 Å². The van der Waals surface area contributed by atoms with Gasteiger partial charge in [0.1, 0.15) is 0 Å². The largest absolute Gasteiger partial charge is 0.325 e. The van der Waals surface area contributed by atoms with Crippen molar-refractivity contribution in [3.8, 4) is 0 Å². The molecule has 0 bridgehead atoms. The first-order chi connectivity index (χ1) is 7.28. The Morgan fingerprint density at radius 2 is 2.06 bits per heavy atom. The fourth-order valence-electron chi connectivity index (χ4n) is 1.27. The summed E-state index contributed by atoms with van der Waals surface area (Å²) in [6, 6.07) is 5.31. The molecule has 16 heavy (non-hydrogen) atoms. The summed E-state index contributed by atoms with van der Waals surface area (Å²) in [5.41, 5.74) is 0.691. The van der Waals surface area contributed by atoms with Crippen LogP contribution < -0.4 is 5.32 Å². The summed E-state index contributed by atoms with van der Waals surface area (Å²) in [6.45, 7) is 6.08. The lowest BCUT2D eigenvalue weighted by Gasteiger charge is -2.17. The average Bonchev–Trinajstić information content (AvgIpc) is 2.08. The van der Waals surface area contributed by atoms with Gasteiger partial charge >= 0.3 is 0 Å². The highest BCUT2D eigenvalue weighted by molar-refractivity contribution is 9.10. The van der Waals surface area contributed by atoms with Crippen LogP contribution in [0, 0.1) is 5.41 Å². The summed E-state index contributed by atoms with van der Waals surface area (Å²) in [5, 5.41) is 3.44. The molecule has 0 fully saturated rings. The summed E-state index contributed by atoms with van der Waals surface area (Å²) in [6.07, 6.45) is 0.478. The van der Waals surface area contributed by atoms with Gasteiger partial charge in [-0.25, -0.2) is 0 Å². The Labute approximate surface area is 110 Å². The van der Waals surface area contributed by atoms with E-state index in [1.165, 1.54) is 0 Å². The number of hydrogen-bond acceptors (Lipinski definition) is 1. The zero-order chi connectivity index (χ0) is 12.3. The maximum Gasteiger partial charge on any atom is 0.224 e. The van der Waals surface area contributed by atoms with Crippen LogP contribution in [-0.4, -0.2) is 5.91 Å². The second-order valence-electron chi connectivity index (χ2n) is 4.91. The first-order valence-corrected chi connectivity index (χ1v) is 6.20. The molecule has 0 aromatic heterocycles. The quantitative estimate of drug-likeness (QED) is 0.857. The van der Waals surface area contributed by atoms with Crippen molar-refractivity contribution in [1.82, 2.24) is 0 Å². The van der Waals surface area contributed by atoms with Gasteiger partial charge in [-0.3, -0.25) is 4.79 Å². The van der Waals surface area contributed by atoms with Gasteiger partial charge in [0.15, 0.2) is 0 Å². The lowest BCUT2D eigenvalue weighted by Crippen LogP contribution is -2.19. The van der Waals surface area contributed by atoms with Crippen LogP contribution >= 0.6 is 27.5 Å². The molecule has 0 radical (unpaired) electrons. The van der Waals surface area contributed by atoms with Crippen LogP contribution in [0.2, 0.25) is 5.02 Å². The first kappa shape index (κ1) is 13.5. The fourth-order valence-corrected chi connectivity index (χ4v) is 1.79. The van der Waals surface area contributed by atoms with Crippen molar-refractivity contribution in [3.05, 3.63) is 27.7 Å². The zero-order valence-electron chi connectivity index (χ0n) is 9.60. The van der Waals surface area contributed by atoms with E-state index in [2.05, 4.69) is 21.2 Å². The minimum atomic E-state index is -0.0187. The van der Waals surface area contributed by atoms with Crippen LogP contribution in [0.5, 0.6) is 0 Å². The van der Waals surface area contributed by atoms with E-state index in [-0.39, 0.29) is 11.3 Å².